The Morgan fingerprint density at radius 3 is 2.72 bits per heavy atom. The lowest BCUT2D eigenvalue weighted by atomic mass is 10.0. The van der Waals surface area contributed by atoms with Gasteiger partial charge >= 0.3 is 6.03 Å². The van der Waals surface area contributed by atoms with Crippen molar-refractivity contribution in [2.45, 2.75) is 57.2 Å². The van der Waals surface area contributed by atoms with Crippen LogP contribution in [0.3, 0.4) is 0 Å². The molecule has 1 aliphatic heterocycles. The van der Waals surface area contributed by atoms with E-state index in [9.17, 15) is 18.4 Å². The van der Waals surface area contributed by atoms with Gasteiger partial charge in [0.05, 0.1) is 6.04 Å². The molecule has 1 aliphatic carbocycles. The zero-order valence-electron chi connectivity index (χ0n) is 14.2. The number of amides is 3. The molecule has 25 heavy (non-hydrogen) atoms. The standard InChI is InChI=1S/C18H23F2N3O2/c1-2-15(13-10-11(19)5-8-14(13)20)22-18(25)23-9-3-4-16(23)17(24)21-12-6-7-12/h5,8,10,12,15-16H,2-4,6-7,9H2,1H3,(H,21,24)(H,22,25). The molecule has 2 unspecified atom stereocenters. The molecule has 136 valence electrons. The second-order valence-electron chi connectivity index (χ2n) is 6.71. The highest BCUT2D eigenvalue weighted by Crippen LogP contribution is 2.25. The van der Waals surface area contributed by atoms with Gasteiger partial charge in [-0.3, -0.25) is 4.79 Å². The molecular weight excluding hydrogens is 328 g/mol. The summed E-state index contributed by atoms with van der Waals surface area (Å²) >= 11 is 0. The number of carbonyl (C=O) groups is 2. The number of benzene rings is 1. The number of hydrogen-bond acceptors (Lipinski definition) is 2. The lowest BCUT2D eigenvalue weighted by molar-refractivity contribution is -0.124. The number of halogens is 2. The minimum absolute atomic E-state index is 0.119. The van der Waals surface area contributed by atoms with Crippen LogP contribution in [-0.4, -0.2) is 35.5 Å². The van der Waals surface area contributed by atoms with Crippen molar-refractivity contribution in [1.82, 2.24) is 15.5 Å². The second kappa shape index (κ2) is 7.37. The van der Waals surface area contributed by atoms with E-state index in [0.717, 1.165) is 37.5 Å². The zero-order chi connectivity index (χ0) is 18.0. The third-order valence-electron chi connectivity index (χ3n) is 4.78. The smallest absolute Gasteiger partial charge is 0.318 e. The summed E-state index contributed by atoms with van der Waals surface area (Å²) in [4.78, 5) is 26.4. The van der Waals surface area contributed by atoms with Crippen LogP contribution in [0, 0.1) is 11.6 Å². The van der Waals surface area contributed by atoms with Gasteiger partial charge in [0.1, 0.15) is 17.7 Å². The molecule has 0 spiro atoms. The fourth-order valence-electron chi connectivity index (χ4n) is 3.22. The van der Waals surface area contributed by atoms with Crippen molar-refractivity contribution < 1.29 is 18.4 Å². The van der Waals surface area contributed by atoms with Crippen LogP contribution in [0.15, 0.2) is 18.2 Å². The molecule has 3 rings (SSSR count). The number of hydrogen-bond donors (Lipinski definition) is 2. The summed E-state index contributed by atoms with van der Waals surface area (Å²) in [7, 11) is 0. The third-order valence-corrected chi connectivity index (χ3v) is 4.78. The predicted molar refractivity (Wildman–Crippen MR) is 88.8 cm³/mol. The Bertz CT molecular complexity index is 664. The maximum absolute atomic E-state index is 14.0. The zero-order valence-corrected chi connectivity index (χ0v) is 14.2. The van der Waals surface area contributed by atoms with E-state index in [1.54, 1.807) is 6.92 Å². The molecule has 3 amide bonds. The van der Waals surface area contributed by atoms with E-state index in [4.69, 9.17) is 0 Å². The first-order valence-electron chi connectivity index (χ1n) is 8.82. The maximum atomic E-state index is 14.0. The van der Waals surface area contributed by atoms with E-state index < -0.39 is 29.7 Å². The van der Waals surface area contributed by atoms with Crippen LogP contribution in [0.2, 0.25) is 0 Å². The first kappa shape index (κ1) is 17.6. The van der Waals surface area contributed by atoms with Crippen LogP contribution in [-0.2, 0) is 4.79 Å². The van der Waals surface area contributed by atoms with Crippen molar-refractivity contribution in [1.29, 1.82) is 0 Å². The summed E-state index contributed by atoms with van der Waals surface area (Å²) in [5.41, 5.74) is 0.119. The number of nitrogens with one attached hydrogen (secondary N) is 2. The van der Waals surface area contributed by atoms with Gasteiger partial charge in [-0.25, -0.2) is 13.6 Å². The van der Waals surface area contributed by atoms with E-state index in [1.807, 2.05) is 0 Å². The lowest BCUT2D eigenvalue weighted by Crippen LogP contribution is -2.50. The molecule has 2 N–H and O–H groups in total. The van der Waals surface area contributed by atoms with E-state index in [2.05, 4.69) is 10.6 Å². The lowest BCUT2D eigenvalue weighted by Gasteiger charge is -2.27. The number of urea groups is 1. The highest BCUT2D eigenvalue weighted by Gasteiger charge is 2.37. The number of rotatable bonds is 5. The quantitative estimate of drug-likeness (QED) is 0.857. The molecule has 7 heteroatoms. The van der Waals surface area contributed by atoms with Crippen molar-refractivity contribution in [2.75, 3.05) is 6.54 Å². The van der Waals surface area contributed by atoms with Gasteiger partial charge in [0.15, 0.2) is 0 Å². The Morgan fingerprint density at radius 1 is 1.28 bits per heavy atom. The summed E-state index contributed by atoms with van der Waals surface area (Å²) in [6.45, 7) is 2.27. The number of nitrogens with zero attached hydrogens (tertiary/aromatic N) is 1. The summed E-state index contributed by atoms with van der Waals surface area (Å²) < 4.78 is 27.4. The number of likely N-dealkylation sites (tertiary alicyclic amines) is 1. The molecule has 1 aromatic carbocycles. The van der Waals surface area contributed by atoms with Crippen molar-refractivity contribution >= 4 is 11.9 Å². The van der Waals surface area contributed by atoms with E-state index in [1.165, 1.54) is 4.90 Å². The van der Waals surface area contributed by atoms with Crippen LogP contribution in [0.25, 0.3) is 0 Å². The van der Waals surface area contributed by atoms with Gasteiger partial charge in [-0.05, 0) is 50.3 Å². The summed E-state index contributed by atoms with van der Waals surface area (Å²) in [6, 6.07) is 1.90. The van der Waals surface area contributed by atoms with Crippen LogP contribution < -0.4 is 10.6 Å². The fourth-order valence-corrected chi connectivity index (χ4v) is 3.22. The molecule has 1 aromatic rings. The molecule has 2 aliphatic rings. The first-order chi connectivity index (χ1) is 12.0. The van der Waals surface area contributed by atoms with Crippen molar-refractivity contribution in [3.8, 4) is 0 Å². The van der Waals surface area contributed by atoms with Gasteiger partial charge < -0.3 is 15.5 Å². The Hall–Kier alpha value is -2.18. The molecule has 5 nitrogen and oxygen atoms in total. The molecular formula is C18H23F2N3O2. The number of carbonyl (C=O) groups excluding carboxylic acids is 2. The predicted octanol–water partition coefficient (Wildman–Crippen LogP) is 2.87. The van der Waals surface area contributed by atoms with Crippen LogP contribution in [0.4, 0.5) is 13.6 Å². The molecule has 0 aromatic heterocycles. The molecule has 0 radical (unpaired) electrons. The van der Waals surface area contributed by atoms with Gasteiger partial charge in [0.25, 0.3) is 0 Å². The van der Waals surface area contributed by atoms with Crippen molar-refractivity contribution in [2.24, 2.45) is 0 Å². The van der Waals surface area contributed by atoms with E-state index in [0.29, 0.717) is 19.4 Å². The Balaban J connectivity index is 1.68. The largest absolute Gasteiger partial charge is 0.352 e. The van der Waals surface area contributed by atoms with Gasteiger partial charge in [-0.15, -0.1) is 0 Å². The fraction of sp³-hybridized carbons (Fsp3) is 0.556. The summed E-state index contributed by atoms with van der Waals surface area (Å²) in [5, 5.41) is 5.67. The van der Waals surface area contributed by atoms with Gasteiger partial charge in [-0.1, -0.05) is 6.92 Å². The minimum atomic E-state index is -0.643. The molecule has 0 bridgehead atoms. The topological polar surface area (TPSA) is 61.4 Å². The Morgan fingerprint density at radius 2 is 2.04 bits per heavy atom. The van der Waals surface area contributed by atoms with Crippen molar-refractivity contribution in [3.05, 3.63) is 35.4 Å². The summed E-state index contributed by atoms with van der Waals surface area (Å²) in [5.74, 6) is -1.23. The van der Waals surface area contributed by atoms with Gasteiger partial charge in [0, 0.05) is 18.2 Å². The van der Waals surface area contributed by atoms with Crippen LogP contribution in [0.1, 0.15) is 50.6 Å². The van der Waals surface area contributed by atoms with E-state index >= 15 is 0 Å². The molecule has 2 fully saturated rings. The van der Waals surface area contributed by atoms with Crippen LogP contribution in [0.5, 0.6) is 0 Å². The van der Waals surface area contributed by atoms with Gasteiger partial charge in [-0.2, -0.15) is 0 Å². The molecule has 1 saturated carbocycles. The average Bonchev–Trinajstić information content (AvgIpc) is 3.25. The van der Waals surface area contributed by atoms with Crippen LogP contribution >= 0.6 is 0 Å². The maximum Gasteiger partial charge on any atom is 0.318 e. The normalized spacial score (nSPS) is 21.1. The SMILES string of the molecule is CCC(NC(=O)N1CCCC1C(=O)NC1CC1)c1cc(F)ccc1F. The monoisotopic (exact) mass is 351 g/mol. The molecule has 1 heterocycles. The Kier molecular flexibility index (Phi) is 5.20. The first-order valence-corrected chi connectivity index (χ1v) is 8.82. The highest BCUT2D eigenvalue weighted by molar-refractivity contribution is 5.88. The third kappa shape index (κ3) is 4.08. The minimum Gasteiger partial charge on any atom is -0.352 e. The summed E-state index contributed by atoms with van der Waals surface area (Å²) in [6.07, 6.45) is 3.76. The van der Waals surface area contributed by atoms with Crippen molar-refractivity contribution in [3.63, 3.8) is 0 Å². The average molecular weight is 351 g/mol. The Labute approximate surface area is 145 Å². The van der Waals surface area contributed by atoms with Gasteiger partial charge in [0.2, 0.25) is 5.91 Å². The van der Waals surface area contributed by atoms with E-state index in [-0.39, 0.29) is 17.5 Å². The second-order valence-corrected chi connectivity index (χ2v) is 6.71. The molecule has 2 atom stereocenters. The highest BCUT2D eigenvalue weighted by atomic mass is 19.1. The molecule has 1 saturated heterocycles.